The van der Waals surface area contributed by atoms with Gasteiger partial charge in [0.1, 0.15) is 17.0 Å². The van der Waals surface area contributed by atoms with Crippen molar-refractivity contribution in [3.63, 3.8) is 0 Å². The first kappa shape index (κ1) is 12.4. The van der Waals surface area contributed by atoms with Gasteiger partial charge in [0.25, 0.3) is 0 Å². The van der Waals surface area contributed by atoms with Gasteiger partial charge < -0.3 is 15.3 Å². The molecule has 0 N–H and O–H groups in total. The molecule has 0 aliphatic carbocycles. The van der Waals surface area contributed by atoms with Crippen LogP contribution in [0.15, 0.2) is 47.2 Å². The average Bonchev–Trinajstić information content (AvgIpc) is 2.17. The molecule has 0 unspecified atom stereocenters. The van der Waals surface area contributed by atoms with Crippen LogP contribution in [0.4, 0.5) is 0 Å². The summed E-state index contributed by atoms with van der Waals surface area (Å²) < 4.78 is 0. The van der Waals surface area contributed by atoms with E-state index in [0.717, 1.165) is 0 Å². The molecule has 1 heterocycles. The van der Waals surface area contributed by atoms with E-state index in [2.05, 4.69) is 29.1 Å². The van der Waals surface area contributed by atoms with Crippen molar-refractivity contribution >= 4 is 10.5 Å². The lowest BCUT2D eigenvalue weighted by molar-refractivity contribution is -0.402. The molecule has 0 aromatic carbocycles. The van der Waals surface area contributed by atoms with Crippen LogP contribution in [0.1, 0.15) is 0 Å². The Hall–Kier alpha value is -1.62. The highest BCUT2D eigenvalue weighted by atomic mass is 32.2. The van der Waals surface area contributed by atoms with Crippen molar-refractivity contribution in [2.45, 2.75) is 0 Å². The lowest BCUT2D eigenvalue weighted by Gasteiger charge is -1.74. The summed E-state index contributed by atoms with van der Waals surface area (Å²) in [5.41, 5.74) is 0. The Kier molecular flexibility index (Phi) is 7.07. The molecule has 0 radical (unpaired) electrons. The molecule has 0 saturated carbocycles. The fraction of sp³-hybridized carbons (Fsp3) is 0.111. The van der Waals surface area contributed by atoms with Crippen molar-refractivity contribution in [1.82, 2.24) is 0 Å². The second-order valence-electron chi connectivity index (χ2n) is 2.26. The van der Waals surface area contributed by atoms with E-state index in [9.17, 15) is 0 Å². The van der Waals surface area contributed by atoms with Crippen LogP contribution in [0.25, 0.3) is 0 Å². The molecule has 4 nitrogen and oxygen atoms in total. The normalized spacial score (nSPS) is 7.79. The summed E-state index contributed by atoms with van der Waals surface area (Å²) in [6.45, 7) is 0. The Labute approximate surface area is 84.9 Å². The van der Waals surface area contributed by atoms with E-state index in [0.29, 0.717) is 10.5 Å². The molecule has 0 aliphatic rings. The molecule has 0 saturated heterocycles. The number of nitrogens with zero attached hydrogens (tertiary/aromatic N) is 1. The van der Waals surface area contributed by atoms with Crippen LogP contribution in [0, 0.1) is 15.3 Å². The van der Waals surface area contributed by atoms with Gasteiger partial charge in [-0.2, -0.15) is 0 Å². The standard InChI is InChI=1S/C9H11S.NO3/c1-10-8-6-4-2-3-5-7-9-10;2-1(3)4/h2-9H,1H3;/q+1;-1. The van der Waals surface area contributed by atoms with Gasteiger partial charge in [-0.25, -0.2) is 0 Å². The zero-order chi connectivity index (χ0) is 10.8. The number of hydrogen-bond donors (Lipinski definition) is 0. The lowest BCUT2D eigenvalue weighted by Crippen LogP contribution is -1.74. The van der Waals surface area contributed by atoms with Crippen LogP contribution >= 0.6 is 10.5 Å². The predicted octanol–water partition coefficient (Wildman–Crippen LogP) is 2.86. The van der Waals surface area contributed by atoms with Crippen molar-refractivity contribution in [2.24, 2.45) is 6.26 Å². The number of rotatable bonds is 0. The predicted molar refractivity (Wildman–Crippen MR) is 57.9 cm³/mol. The van der Waals surface area contributed by atoms with Crippen LogP contribution in [-0.2, 0) is 6.26 Å². The highest BCUT2D eigenvalue weighted by Crippen LogP contribution is 2.05. The quantitative estimate of drug-likeness (QED) is 0.378. The van der Waals surface area contributed by atoms with Crippen molar-refractivity contribution in [1.29, 1.82) is 0 Å². The zero-order valence-corrected chi connectivity index (χ0v) is 8.52. The van der Waals surface area contributed by atoms with Crippen LogP contribution in [-0.4, -0.2) is 5.09 Å². The van der Waals surface area contributed by atoms with Gasteiger partial charge in [-0.3, -0.25) is 0 Å². The van der Waals surface area contributed by atoms with Crippen molar-refractivity contribution < 1.29 is 5.09 Å². The monoisotopic (exact) mass is 213 g/mol. The molecule has 14 heavy (non-hydrogen) atoms. The van der Waals surface area contributed by atoms with E-state index < -0.39 is 5.09 Å². The SMILES string of the molecule is C[s+]1cccccccc1.O=[N+]([O-])[O-]. The topological polar surface area (TPSA) is 66.2 Å². The van der Waals surface area contributed by atoms with Gasteiger partial charge in [0.2, 0.25) is 0 Å². The van der Waals surface area contributed by atoms with Gasteiger partial charge in [-0.05, 0) is 22.6 Å². The summed E-state index contributed by atoms with van der Waals surface area (Å²) in [6, 6.07) is 12.3. The molecule has 0 bridgehead atoms. The summed E-state index contributed by atoms with van der Waals surface area (Å²) >= 11 is 0. The maximum atomic E-state index is 8.25. The highest BCUT2D eigenvalue weighted by molar-refractivity contribution is 7.26. The third-order valence-electron chi connectivity index (χ3n) is 1.14. The molecule has 0 atom stereocenters. The van der Waals surface area contributed by atoms with Gasteiger partial charge in [-0.1, -0.05) is 24.3 Å². The minimum Gasteiger partial charge on any atom is -0.356 e. The summed E-state index contributed by atoms with van der Waals surface area (Å²) in [6.07, 6.45) is 2.19. The van der Waals surface area contributed by atoms with Gasteiger partial charge in [-0.15, -0.1) is 0 Å². The first-order valence-electron chi connectivity index (χ1n) is 3.76. The van der Waals surface area contributed by atoms with E-state index in [4.69, 9.17) is 15.3 Å². The Bertz CT molecular complexity index is 295. The first-order valence-corrected chi connectivity index (χ1v) is 5.52. The third-order valence-corrected chi connectivity index (χ3v) is 2.31. The van der Waals surface area contributed by atoms with Crippen molar-refractivity contribution in [2.75, 3.05) is 0 Å². The fourth-order valence-corrected chi connectivity index (χ4v) is 1.41. The molecule has 0 spiro atoms. The fourth-order valence-electron chi connectivity index (χ4n) is 0.641. The zero-order valence-electron chi connectivity index (χ0n) is 7.70. The summed E-state index contributed by atoms with van der Waals surface area (Å²) in [4.78, 5) is 8.25. The first-order chi connectivity index (χ1) is 6.63. The second kappa shape index (κ2) is 8.00. The number of aryl methyl sites for hydroxylation is 1. The molecule has 5 heteroatoms. The van der Waals surface area contributed by atoms with E-state index in [-0.39, 0.29) is 0 Å². The van der Waals surface area contributed by atoms with E-state index in [1.54, 1.807) is 0 Å². The Morgan fingerprint density at radius 1 is 0.929 bits per heavy atom. The van der Waals surface area contributed by atoms with Gasteiger partial charge >= 0.3 is 0 Å². The Morgan fingerprint density at radius 3 is 1.57 bits per heavy atom. The third kappa shape index (κ3) is 10.4. The van der Waals surface area contributed by atoms with E-state index >= 15 is 0 Å². The minimum atomic E-state index is -1.75. The maximum absolute atomic E-state index is 8.25. The van der Waals surface area contributed by atoms with Gasteiger partial charge in [0.05, 0.1) is 5.09 Å². The molecular weight excluding hydrogens is 202 g/mol. The maximum Gasteiger partial charge on any atom is 0.137 e. The molecule has 0 aliphatic heterocycles. The van der Waals surface area contributed by atoms with Crippen LogP contribution in [0.2, 0.25) is 0 Å². The highest BCUT2D eigenvalue weighted by Gasteiger charge is 1.79. The molecule has 0 fully saturated rings. The van der Waals surface area contributed by atoms with Crippen LogP contribution in [0.5, 0.6) is 0 Å². The average molecular weight is 213 g/mol. The minimum absolute atomic E-state index is 0.307. The largest absolute Gasteiger partial charge is 0.356 e. The molecule has 1 aromatic heterocycles. The Balaban J connectivity index is 0.000000364. The molecular formula is C9H11NO3S. The van der Waals surface area contributed by atoms with Gasteiger partial charge in [0, 0.05) is 0 Å². The summed E-state index contributed by atoms with van der Waals surface area (Å²) in [7, 11) is 0.307. The summed E-state index contributed by atoms with van der Waals surface area (Å²) in [5.74, 6) is 0. The lowest BCUT2D eigenvalue weighted by atomic mass is 10.5. The molecule has 76 valence electrons. The Morgan fingerprint density at radius 2 is 1.21 bits per heavy atom. The number of hydrogen-bond acceptors (Lipinski definition) is 3. The van der Waals surface area contributed by atoms with E-state index in [1.165, 1.54) is 0 Å². The smallest absolute Gasteiger partial charge is 0.137 e. The summed E-state index contributed by atoms with van der Waals surface area (Å²) in [5, 5.41) is 19.1. The van der Waals surface area contributed by atoms with Crippen LogP contribution in [0.3, 0.4) is 0 Å². The molecule has 1 aromatic rings. The molecule has 1 rings (SSSR count). The van der Waals surface area contributed by atoms with Gasteiger partial charge in [0.15, 0.2) is 0 Å². The van der Waals surface area contributed by atoms with Crippen LogP contribution < -0.4 is 0 Å². The second-order valence-corrected chi connectivity index (χ2v) is 4.02. The van der Waals surface area contributed by atoms with Crippen molar-refractivity contribution in [3.8, 4) is 0 Å². The molecule has 0 amide bonds. The van der Waals surface area contributed by atoms with Crippen molar-refractivity contribution in [3.05, 3.63) is 62.5 Å². The van der Waals surface area contributed by atoms with E-state index in [1.807, 2.05) is 24.3 Å².